The Morgan fingerprint density at radius 1 is 1.57 bits per heavy atom. The van der Waals surface area contributed by atoms with E-state index >= 15 is 0 Å². The molecule has 1 aromatic rings. The molecule has 0 aliphatic carbocycles. The molecule has 0 bridgehead atoms. The zero-order chi connectivity index (χ0) is 10.4. The van der Waals surface area contributed by atoms with Gasteiger partial charge in [0.05, 0.1) is 6.54 Å². The molecule has 0 saturated heterocycles. The molecule has 0 saturated carbocycles. The summed E-state index contributed by atoms with van der Waals surface area (Å²) in [6.07, 6.45) is 3.62. The Kier molecular flexibility index (Phi) is 4.62. The van der Waals surface area contributed by atoms with Crippen LogP contribution in [0.2, 0.25) is 0 Å². The summed E-state index contributed by atoms with van der Waals surface area (Å²) in [5.74, 6) is 0.997. The first-order valence-corrected chi connectivity index (χ1v) is 5.09. The van der Waals surface area contributed by atoms with Gasteiger partial charge in [-0.3, -0.25) is 0 Å². The summed E-state index contributed by atoms with van der Waals surface area (Å²) in [5, 5.41) is 3.34. The second kappa shape index (κ2) is 5.78. The molecule has 0 fully saturated rings. The normalized spacial score (nSPS) is 11.5. The third-order valence-electron chi connectivity index (χ3n) is 2.37. The van der Waals surface area contributed by atoms with Crippen molar-refractivity contribution in [3.8, 4) is 0 Å². The van der Waals surface area contributed by atoms with Crippen molar-refractivity contribution in [3.63, 3.8) is 0 Å². The fourth-order valence-corrected chi connectivity index (χ4v) is 1.12. The second-order valence-electron chi connectivity index (χ2n) is 3.79. The number of nitrogens with zero attached hydrogens (tertiary/aromatic N) is 2. The molecule has 4 heteroatoms. The van der Waals surface area contributed by atoms with E-state index in [0.29, 0.717) is 6.04 Å². The highest BCUT2D eigenvalue weighted by Gasteiger charge is 2.01. The van der Waals surface area contributed by atoms with Crippen LogP contribution in [0.1, 0.15) is 19.7 Å². The van der Waals surface area contributed by atoms with E-state index in [2.05, 4.69) is 41.1 Å². The van der Waals surface area contributed by atoms with Crippen molar-refractivity contribution in [1.82, 2.24) is 20.2 Å². The quantitative estimate of drug-likeness (QED) is 0.663. The van der Waals surface area contributed by atoms with Crippen molar-refractivity contribution in [1.29, 1.82) is 0 Å². The van der Waals surface area contributed by atoms with Crippen molar-refractivity contribution >= 4 is 0 Å². The number of aromatic nitrogens is 2. The van der Waals surface area contributed by atoms with E-state index < -0.39 is 0 Å². The smallest absolute Gasteiger partial charge is 0.120 e. The van der Waals surface area contributed by atoms with Gasteiger partial charge in [-0.2, -0.15) is 0 Å². The predicted octanol–water partition coefficient (Wildman–Crippen LogP) is 0.839. The van der Waals surface area contributed by atoms with Crippen LogP contribution in [0.4, 0.5) is 0 Å². The molecule has 0 aliphatic rings. The summed E-state index contributed by atoms with van der Waals surface area (Å²) in [6, 6.07) is 0.611. The van der Waals surface area contributed by atoms with E-state index in [1.807, 2.05) is 6.20 Å². The number of nitrogens with one attached hydrogen (secondary N) is 2. The maximum absolute atomic E-state index is 4.14. The molecule has 1 aromatic heterocycles. The molecule has 0 aliphatic heterocycles. The maximum atomic E-state index is 4.14. The molecule has 2 N–H and O–H groups in total. The van der Waals surface area contributed by atoms with Crippen LogP contribution in [0, 0.1) is 0 Å². The minimum Gasteiger partial charge on any atom is -0.348 e. The standard InChI is InChI=1S/C10H20N4/c1-9(2)14(3)7-6-11-8-10-12-4-5-13-10/h4-5,9,11H,6-8H2,1-3H3,(H,12,13). The van der Waals surface area contributed by atoms with Gasteiger partial charge in [-0.25, -0.2) is 4.98 Å². The van der Waals surface area contributed by atoms with E-state index in [1.54, 1.807) is 6.20 Å². The average Bonchev–Trinajstić information content (AvgIpc) is 2.64. The molecule has 0 atom stereocenters. The molecule has 0 amide bonds. The van der Waals surface area contributed by atoms with Gasteiger partial charge in [0.15, 0.2) is 0 Å². The summed E-state index contributed by atoms with van der Waals surface area (Å²) >= 11 is 0. The fourth-order valence-electron chi connectivity index (χ4n) is 1.12. The Morgan fingerprint density at radius 3 is 2.93 bits per heavy atom. The van der Waals surface area contributed by atoms with Crippen molar-refractivity contribution in [3.05, 3.63) is 18.2 Å². The fraction of sp³-hybridized carbons (Fsp3) is 0.700. The Labute approximate surface area is 85.7 Å². The Hall–Kier alpha value is -0.870. The van der Waals surface area contributed by atoms with Crippen LogP contribution in [-0.2, 0) is 6.54 Å². The lowest BCUT2D eigenvalue weighted by atomic mass is 10.3. The van der Waals surface area contributed by atoms with Crippen molar-refractivity contribution in [2.75, 3.05) is 20.1 Å². The Bertz CT molecular complexity index is 230. The number of hydrogen-bond acceptors (Lipinski definition) is 3. The molecule has 80 valence electrons. The molecule has 0 unspecified atom stereocenters. The first-order chi connectivity index (χ1) is 6.70. The topological polar surface area (TPSA) is 44.0 Å². The van der Waals surface area contributed by atoms with Gasteiger partial charge in [-0.1, -0.05) is 0 Å². The Balaban J connectivity index is 2.05. The van der Waals surface area contributed by atoms with Crippen LogP contribution in [0.3, 0.4) is 0 Å². The van der Waals surface area contributed by atoms with Crippen LogP contribution in [0.25, 0.3) is 0 Å². The lowest BCUT2D eigenvalue weighted by Gasteiger charge is -2.20. The minimum atomic E-state index is 0.611. The summed E-state index contributed by atoms with van der Waals surface area (Å²) in [5.41, 5.74) is 0. The SMILES string of the molecule is CC(C)N(C)CCNCc1ncc[nH]1. The van der Waals surface area contributed by atoms with Gasteiger partial charge >= 0.3 is 0 Å². The molecule has 0 radical (unpaired) electrons. The van der Waals surface area contributed by atoms with Gasteiger partial charge in [-0.15, -0.1) is 0 Å². The van der Waals surface area contributed by atoms with Crippen LogP contribution in [-0.4, -0.2) is 41.0 Å². The summed E-state index contributed by atoms with van der Waals surface area (Å²) < 4.78 is 0. The largest absolute Gasteiger partial charge is 0.348 e. The highest BCUT2D eigenvalue weighted by molar-refractivity contribution is 4.85. The zero-order valence-corrected chi connectivity index (χ0v) is 9.25. The molecule has 0 aromatic carbocycles. The van der Waals surface area contributed by atoms with Crippen LogP contribution < -0.4 is 5.32 Å². The maximum Gasteiger partial charge on any atom is 0.120 e. The van der Waals surface area contributed by atoms with Crippen molar-refractivity contribution < 1.29 is 0 Å². The minimum absolute atomic E-state index is 0.611. The number of H-pyrrole nitrogens is 1. The zero-order valence-electron chi connectivity index (χ0n) is 9.25. The highest BCUT2D eigenvalue weighted by Crippen LogP contribution is 1.91. The second-order valence-corrected chi connectivity index (χ2v) is 3.79. The summed E-state index contributed by atoms with van der Waals surface area (Å²) in [6.45, 7) is 7.28. The van der Waals surface area contributed by atoms with Gasteiger partial charge in [0.1, 0.15) is 5.82 Å². The van der Waals surface area contributed by atoms with Gasteiger partial charge in [-0.05, 0) is 20.9 Å². The van der Waals surface area contributed by atoms with E-state index in [1.165, 1.54) is 0 Å². The molecular formula is C10H20N4. The third-order valence-corrected chi connectivity index (χ3v) is 2.37. The Morgan fingerprint density at radius 2 is 2.36 bits per heavy atom. The summed E-state index contributed by atoms with van der Waals surface area (Å²) in [4.78, 5) is 9.51. The van der Waals surface area contributed by atoms with Gasteiger partial charge in [0, 0.05) is 31.5 Å². The lowest BCUT2D eigenvalue weighted by Crippen LogP contribution is -2.33. The number of rotatable bonds is 6. The van der Waals surface area contributed by atoms with E-state index in [0.717, 1.165) is 25.5 Å². The van der Waals surface area contributed by atoms with Crippen LogP contribution in [0.5, 0.6) is 0 Å². The van der Waals surface area contributed by atoms with Gasteiger partial charge in [0.25, 0.3) is 0 Å². The number of likely N-dealkylation sites (N-methyl/N-ethyl adjacent to an activating group) is 1. The molecule has 1 rings (SSSR count). The highest BCUT2D eigenvalue weighted by atomic mass is 15.1. The van der Waals surface area contributed by atoms with Gasteiger partial charge in [0.2, 0.25) is 0 Å². The van der Waals surface area contributed by atoms with E-state index in [-0.39, 0.29) is 0 Å². The third kappa shape index (κ3) is 3.89. The molecular weight excluding hydrogens is 176 g/mol. The average molecular weight is 196 g/mol. The van der Waals surface area contributed by atoms with Crippen LogP contribution in [0.15, 0.2) is 12.4 Å². The summed E-state index contributed by atoms with van der Waals surface area (Å²) in [7, 11) is 2.14. The van der Waals surface area contributed by atoms with E-state index in [9.17, 15) is 0 Å². The molecule has 14 heavy (non-hydrogen) atoms. The number of hydrogen-bond donors (Lipinski definition) is 2. The van der Waals surface area contributed by atoms with Crippen molar-refractivity contribution in [2.45, 2.75) is 26.4 Å². The molecule has 1 heterocycles. The molecule has 4 nitrogen and oxygen atoms in total. The van der Waals surface area contributed by atoms with Crippen LogP contribution >= 0.6 is 0 Å². The number of aromatic amines is 1. The van der Waals surface area contributed by atoms with Crippen molar-refractivity contribution in [2.24, 2.45) is 0 Å². The monoisotopic (exact) mass is 196 g/mol. The van der Waals surface area contributed by atoms with E-state index in [4.69, 9.17) is 0 Å². The predicted molar refractivity (Wildman–Crippen MR) is 58.1 cm³/mol. The first kappa shape index (κ1) is 11.2. The first-order valence-electron chi connectivity index (χ1n) is 5.09. The molecule has 0 spiro atoms. The lowest BCUT2D eigenvalue weighted by molar-refractivity contribution is 0.273. The van der Waals surface area contributed by atoms with Gasteiger partial charge < -0.3 is 15.2 Å². The number of imidazole rings is 1.